The number of fused-ring (bicyclic) bond motifs is 1. The van der Waals surface area contributed by atoms with Crippen molar-refractivity contribution in [3.8, 4) is 22.6 Å². The van der Waals surface area contributed by atoms with E-state index in [1.807, 2.05) is 35.3 Å². The molecule has 0 spiro atoms. The van der Waals surface area contributed by atoms with Crippen LogP contribution in [0, 0.1) is 0 Å². The van der Waals surface area contributed by atoms with Gasteiger partial charge in [0.1, 0.15) is 12.4 Å². The van der Waals surface area contributed by atoms with Crippen molar-refractivity contribution >= 4 is 10.8 Å². The standard InChI is InChI=1S/C24H24N4O2/c1-3-23(28-18-22(17-26-28)19-5-7-25-8-6-19)15-20-2-4-24(16-21(1)20)30-14-11-27-9-12-29-13-10-27/h1-8,15-18H,9-14H2. The molecule has 3 heterocycles. The number of hydrogen-bond acceptors (Lipinski definition) is 5. The first kappa shape index (κ1) is 18.8. The molecule has 0 aliphatic carbocycles. The molecule has 152 valence electrons. The number of rotatable bonds is 6. The molecule has 0 unspecified atom stereocenters. The zero-order valence-electron chi connectivity index (χ0n) is 16.8. The molecule has 0 radical (unpaired) electrons. The molecule has 6 nitrogen and oxygen atoms in total. The first-order valence-corrected chi connectivity index (χ1v) is 10.3. The summed E-state index contributed by atoms with van der Waals surface area (Å²) in [5, 5.41) is 6.85. The van der Waals surface area contributed by atoms with Crippen LogP contribution in [0.5, 0.6) is 5.75 Å². The maximum Gasteiger partial charge on any atom is 0.120 e. The lowest BCUT2D eigenvalue weighted by Gasteiger charge is -2.26. The van der Waals surface area contributed by atoms with E-state index in [0.717, 1.165) is 66.2 Å². The largest absolute Gasteiger partial charge is 0.492 e. The van der Waals surface area contributed by atoms with Crippen LogP contribution in [0.4, 0.5) is 0 Å². The fourth-order valence-electron chi connectivity index (χ4n) is 3.72. The topological polar surface area (TPSA) is 52.4 Å². The smallest absolute Gasteiger partial charge is 0.120 e. The summed E-state index contributed by atoms with van der Waals surface area (Å²) in [4.78, 5) is 6.45. The van der Waals surface area contributed by atoms with Gasteiger partial charge in [0.15, 0.2) is 0 Å². The number of aromatic nitrogens is 3. The summed E-state index contributed by atoms with van der Waals surface area (Å²) < 4.78 is 13.3. The number of nitrogens with zero attached hydrogens (tertiary/aromatic N) is 4. The van der Waals surface area contributed by atoms with Crippen molar-refractivity contribution in [3.63, 3.8) is 0 Å². The van der Waals surface area contributed by atoms with Crippen LogP contribution in [0.2, 0.25) is 0 Å². The predicted octanol–water partition coefficient (Wildman–Crippen LogP) is 3.80. The number of benzene rings is 2. The monoisotopic (exact) mass is 400 g/mol. The molecule has 6 heteroatoms. The summed E-state index contributed by atoms with van der Waals surface area (Å²) >= 11 is 0. The third-order valence-corrected chi connectivity index (χ3v) is 5.44. The van der Waals surface area contributed by atoms with Crippen LogP contribution in [0.25, 0.3) is 27.6 Å². The Balaban J connectivity index is 1.28. The van der Waals surface area contributed by atoms with Crippen LogP contribution in [-0.4, -0.2) is 59.1 Å². The highest BCUT2D eigenvalue weighted by Crippen LogP contribution is 2.25. The van der Waals surface area contributed by atoms with E-state index >= 15 is 0 Å². The lowest BCUT2D eigenvalue weighted by atomic mass is 10.1. The van der Waals surface area contributed by atoms with Crippen LogP contribution in [0.1, 0.15) is 0 Å². The van der Waals surface area contributed by atoms with Gasteiger partial charge in [-0.1, -0.05) is 12.1 Å². The molecule has 0 N–H and O–H groups in total. The average molecular weight is 400 g/mol. The maximum atomic E-state index is 5.98. The summed E-state index contributed by atoms with van der Waals surface area (Å²) in [7, 11) is 0. The Morgan fingerprint density at radius 1 is 0.900 bits per heavy atom. The molecule has 2 aromatic heterocycles. The van der Waals surface area contributed by atoms with Crippen LogP contribution >= 0.6 is 0 Å². The van der Waals surface area contributed by atoms with Gasteiger partial charge in [-0.3, -0.25) is 9.88 Å². The fourth-order valence-corrected chi connectivity index (χ4v) is 3.72. The SMILES string of the molecule is c1cc(-c2cnn(-c3ccc4cc(OCCN5CCOCC5)ccc4c3)c2)ccn1. The molecule has 2 aromatic carbocycles. The Bertz CT molecular complexity index is 1120. The molecule has 1 saturated heterocycles. The number of morpholine rings is 1. The Hall–Kier alpha value is -3.22. The van der Waals surface area contributed by atoms with E-state index in [1.54, 1.807) is 12.4 Å². The third-order valence-electron chi connectivity index (χ3n) is 5.44. The first-order chi connectivity index (χ1) is 14.8. The highest BCUT2D eigenvalue weighted by molar-refractivity contribution is 5.85. The summed E-state index contributed by atoms with van der Waals surface area (Å²) in [5.74, 6) is 0.905. The van der Waals surface area contributed by atoms with Gasteiger partial charge in [-0.05, 0) is 52.7 Å². The van der Waals surface area contributed by atoms with E-state index in [0.29, 0.717) is 6.61 Å². The van der Waals surface area contributed by atoms with Crippen LogP contribution < -0.4 is 4.74 Å². The molecule has 0 saturated carbocycles. The van der Waals surface area contributed by atoms with Crippen molar-refractivity contribution in [1.82, 2.24) is 19.7 Å². The predicted molar refractivity (Wildman–Crippen MR) is 117 cm³/mol. The first-order valence-electron chi connectivity index (χ1n) is 10.3. The third kappa shape index (κ3) is 4.20. The van der Waals surface area contributed by atoms with Crippen LogP contribution in [0.15, 0.2) is 73.3 Å². The number of pyridine rings is 1. The van der Waals surface area contributed by atoms with Crippen molar-refractivity contribution in [2.45, 2.75) is 0 Å². The Morgan fingerprint density at radius 2 is 1.70 bits per heavy atom. The van der Waals surface area contributed by atoms with Crippen molar-refractivity contribution in [2.24, 2.45) is 0 Å². The minimum atomic E-state index is 0.689. The molecule has 5 rings (SSSR count). The molecule has 4 aromatic rings. The van der Waals surface area contributed by atoms with E-state index in [4.69, 9.17) is 9.47 Å². The van der Waals surface area contributed by atoms with Crippen molar-refractivity contribution in [2.75, 3.05) is 39.5 Å². The number of hydrogen-bond donors (Lipinski definition) is 0. The zero-order valence-corrected chi connectivity index (χ0v) is 16.8. The molecular formula is C24H24N4O2. The van der Waals surface area contributed by atoms with Gasteiger partial charge in [-0.15, -0.1) is 0 Å². The second-order valence-electron chi connectivity index (χ2n) is 7.41. The molecule has 1 aliphatic heterocycles. The van der Waals surface area contributed by atoms with E-state index in [-0.39, 0.29) is 0 Å². The molecule has 0 bridgehead atoms. The van der Waals surface area contributed by atoms with Gasteiger partial charge in [0.25, 0.3) is 0 Å². The molecular weight excluding hydrogens is 376 g/mol. The van der Waals surface area contributed by atoms with Gasteiger partial charge < -0.3 is 9.47 Å². The van der Waals surface area contributed by atoms with Gasteiger partial charge in [0, 0.05) is 43.8 Å². The highest BCUT2D eigenvalue weighted by Gasteiger charge is 2.10. The van der Waals surface area contributed by atoms with Crippen molar-refractivity contribution < 1.29 is 9.47 Å². The minimum Gasteiger partial charge on any atom is -0.492 e. The Kier molecular flexibility index (Phi) is 5.42. The Labute approximate surface area is 175 Å². The van der Waals surface area contributed by atoms with Crippen LogP contribution in [0.3, 0.4) is 0 Å². The van der Waals surface area contributed by atoms with E-state index in [9.17, 15) is 0 Å². The van der Waals surface area contributed by atoms with Crippen molar-refractivity contribution in [3.05, 3.63) is 73.3 Å². The summed E-state index contributed by atoms with van der Waals surface area (Å²) in [6.07, 6.45) is 7.51. The molecule has 1 fully saturated rings. The Morgan fingerprint density at radius 3 is 2.57 bits per heavy atom. The highest BCUT2D eigenvalue weighted by atomic mass is 16.5. The summed E-state index contributed by atoms with van der Waals surface area (Å²) in [6, 6.07) is 16.6. The maximum absolute atomic E-state index is 5.98. The van der Waals surface area contributed by atoms with Gasteiger partial charge in [0.05, 0.1) is 25.1 Å². The summed E-state index contributed by atoms with van der Waals surface area (Å²) in [6.45, 7) is 5.23. The average Bonchev–Trinajstić information content (AvgIpc) is 3.30. The van der Waals surface area contributed by atoms with Gasteiger partial charge >= 0.3 is 0 Å². The van der Waals surface area contributed by atoms with E-state index in [2.05, 4.69) is 45.3 Å². The fraction of sp³-hybridized carbons (Fsp3) is 0.250. The molecule has 30 heavy (non-hydrogen) atoms. The lowest BCUT2D eigenvalue weighted by molar-refractivity contribution is 0.0322. The van der Waals surface area contributed by atoms with E-state index in [1.165, 1.54) is 0 Å². The molecule has 1 aliphatic rings. The molecule has 0 atom stereocenters. The van der Waals surface area contributed by atoms with Gasteiger partial charge in [-0.2, -0.15) is 5.10 Å². The van der Waals surface area contributed by atoms with E-state index < -0.39 is 0 Å². The van der Waals surface area contributed by atoms with Crippen molar-refractivity contribution in [1.29, 1.82) is 0 Å². The van der Waals surface area contributed by atoms with Gasteiger partial charge in [-0.25, -0.2) is 4.68 Å². The molecule has 0 amide bonds. The second-order valence-corrected chi connectivity index (χ2v) is 7.41. The van der Waals surface area contributed by atoms with Crippen LogP contribution in [-0.2, 0) is 4.74 Å². The zero-order chi connectivity index (χ0) is 20.2. The summed E-state index contributed by atoms with van der Waals surface area (Å²) in [5.41, 5.74) is 3.21. The quantitative estimate of drug-likeness (QED) is 0.493. The second kappa shape index (κ2) is 8.65. The minimum absolute atomic E-state index is 0.689. The normalized spacial score (nSPS) is 14.8. The number of ether oxygens (including phenoxy) is 2. The van der Waals surface area contributed by atoms with Gasteiger partial charge in [0.2, 0.25) is 0 Å². The lowest BCUT2D eigenvalue weighted by Crippen LogP contribution is -2.38.